The third-order valence-corrected chi connectivity index (χ3v) is 3.29. The van der Waals surface area contributed by atoms with E-state index in [1.807, 2.05) is 42.5 Å². The van der Waals surface area contributed by atoms with Gasteiger partial charge in [-0.15, -0.1) is 0 Å². The second-order valence-electron chi connectivity index (χ2n) is 4.29. The summed E-state index contributed by atoms with van der Waals surface area (Å²) in [6.45, 7) is 1.56. The maximum atomic E-state index is 8.57. The van der Waals surface area contributed by atoms with Crippen LogP contribution in [0, 0.1) is 11.3 Å². The summed E-state index contributed by atoms with van der Waals surface area (Å²) in [5.74, 6) is 0.760. The molecule has 20 heavy (non-hydrogen) atoms. The highest BCUT2D eigenvalue weighted by Crippen LogP contribution is 2.18. The summed E-state index contributed by atoms with van der Waals surface area (Å²) in [6, 6.07) is 17.9. The maximum absolute atomic E-state index is 8.57. The Morgan fingerprint density at radius 1 is 1.10 bits per heavy atom. The topological polar surface area (TPSA) is 45.0 Å². The molecule has 0 amide bonds. The average molecular weight is 331 g/mol. The summed E-state index contributed by atoms with van der Waals surface area (Å²) in [6.07, 6.45) is 0. The highest BCUT2D eigenvalue weighted by atomic mass is 79.9. The molecule has 102 valence electrons. The van der Waals surface area contributed by atoms with Gasteiger partial charge in [0, 0.05) is 23.1 Å². The van der Waals surface area contributed by atoms with E-state index in [2.05, 4.69) is 33.4 Å². The molecule has 2 rings (SSSR count). The maximum Gasteiger partial charge on any atom is 0.174 e. The zero-order valence-corrected chi connectivity index (χ0v) is 12.6. The highest BCUT2D eigenvalue weighted by molar-refractivity contribution is 9.10. The highest BCUT2D eigenvalue weighted by Gasteiger charge is 2.02. The normalized spacial score (nSPS) is 10.0. The number of ether oxygens (including phenoxy) is 1. The van der Waals surface area contributed by atoms with E-state index >= 15 is 0 Å². The number of nitrogens with zero attached hydrogens (tertiary/aromatic N) is 1. The fourth-order valence-corrected chi connectivity index (χ4v) is 2.34. The molecular weight excluding hydrogens is 316 g/mol. The number of halogens is 1. The molecule has 0 unspecified atom stereocenters. The Balaban J connectivity index is 1.92. The van der Waals surface area contributed by atoms with Crippen LogP contribution in [-0.4, -0.2) is 6.61 Å². The zero-order chi connectivity index (χ0) is 14.2. The lowest BCUT2D eigenvalue weighted by Gasteiger charge is -2.10. The van der Waals surface area contributed by atoms with Crippen LogP contribution in [-0.2, 0) is 13.1 Å². The zero-order valence-electron chi connectivity index (χ0n) is 11.0. The van der Waals surface area contributed by atoms with Gasteiger partial charge in [0.25, 0.3) is 0 Å². The molecule has 0 saturated carbocycles. The molecule has 2 aromatic carbocycles. The van der Waals surface area contributed by atoms with E-state index in [1.54, 1.807) is 0 Å². The van der Waals surface area contributed by atoms with Crippen LogP contribution in [0.4, 0.5) is 0 Å². The van der Waals surface area contributed by atoms with Crippen LogP contribution < -0.4 is 10.1 Å². The van der Waals surface area contributed by atoms with Crippen molar-refractivity contribution < 1.29 is 4.74 Å². The molecule has 0 spiro atoms. The van der Waals surface area contributed by atoms with Crippen molar-refractivity contribution in [2.75, 3.05) is 6.61 Å². The molecule has 0 bridgehead atoms. The molecule has 4 heteroatoms. The lowest BCUT2D eigenvalue weighted by molar-refractivity contribution is 0.362. The Labute approximate surface area is 127 Å². The first-order valence-corrected chi connectivity index (χ1v) is 7.11. The number of para-hydroxylation sites is 1. The third-order valence-electron chi connectivity index (χ3n) is 2.80. The Bertz CT molecular complexity index is 607. The van der Waals surface area contributed by atoms with Gasteiger partial charge in [-0.2, -0.15) is 5.26 Å². The van der Waals surface area contributed by atoms with Gasteiger partial charge in [0.15, 0.2) is 6.61 Å². The van der Waals surface area contributed by atoms with Gasteiger partial charge < -0.3 is 10.1 Å². The molecule has 0 saturated heterocycles. The molecule has 0 radical (unpaired) electrons. The summed E-state index contributed by atoms with van der Waals surface area (Å²) in [4.78, 5) is 0. The predicted octanol–water partition coefficient (Wildman–Crippen LogP) is 3.64. The monoisotopic (exact) mass is 330 g/mol. The van der Waals surface area contributed by atoms with E-state index < -0.39 is 0 Å². The Morgan fingerprint density at radius 2 is 1.95 bits per heavy atom. The second-order valence-corrected chi connectivity index (χ2v) is 5.20. The molecule has 0 fully saturated rings. The van der Waals surface area contributed by atoms with Crippen molar-refractivity contribution in [3.05, 3.63) is 64.1 Å². The van der Waals surface area contributed by atoms with Crippen molar-refractivity contribution in [1.29, 1.82) is 5.26 Å². The number of rotatable bonds is 6. The van der Waals surface area contributed by atoms with E-state index in [0.717, 1.165) is 22.3 Å². The molecule has 0 aliphatic carbocycles. The largest absolute Gasteiger partial charge is 0.478 e. The molecule has 0 heterocycles. The number of nitriles is 1. The van der Waals surface area contributed by atoms with Crippen molar-refractivity contribution in [2.45, 2.75) is 13.1 Å². The molecular formula is C16H15BrN2O. The first kappa shape index (κ1) is 14.6. The van der Waals surface area contributed by atoms with Crippen LogP contribution in [0.2, 0.25) is 0 Å². The Kier molecular flexibility index (Phi) is 5.60. The molecule has 0 aliphatic heterocycles. The van der Waals surface area contributed by atoms with Gasteiger partial charge in [-0.3, -0.25) is 0 Å². The minimum absolute atomic E-state index is 0.0721. The molecule has 0 atom stereocenters. The predicted molar refractivity (Wildman–Crippen MR) is 82.2 cm³/mol. The summed E-state index contributed by atoms with van der Waals surface area (Å²) in [7, 11) is 0. The van der Waals surface area contributed by atoms with Crippen LogP contribution in [0.15, 0.2) is 53.0 Å². The van der Waals surface area contributed by atoms with Crippen molar-refractivity contribution in [2.24, 2.45) is 0 Å². The molecule has 0 aliphatic rings. The van der Waals surface area contributed by atoms with Gasteiger partial charge in [-0.05, 0) is 23.8 Å². The van der Waals surface area contributed by atoms with Crippen LogP contribution >= 0.6 is 15.9 Å². The quantitative estimate of drug-likeness (QED) is 0.879. The molecule has 2 aromatic rings. The Hall–Kier alpha value is -1.83. The van der Waals surface area contributed by atoms with Crippen molar-refractivity contribution >= 4 is 15.9 Å². The minimum atomic E-state index is 0.0721. The third kappa shape index (κ3) is 4.37. The fourth-order valence-electron chi connectivity index (χ4n) is 1.89. The number of hydrogen-bond donors (Lipinski definition) is 1. The van der Waals surface area contributed by atoms with Crippen molar-refractivity contribution in [1.82, 2.24) is 5.32 Å². The van der Waals surface area contributed by atoms with Crippen LogP contribution in [0.5, 0.6) is 5.75 Å². The standard InChI is InChI=1S/C16H15BrN2O/c17-15-6-3-4-13(10-15)11-19-12-14-5-1-2-7-16(14)20-9-8-18/h1-7,10,19H,9,11-12H2. The summed E-state index contributed by atoms with van der Waals surface area (Å²) in [5, 5.41) is 12.0. The van der Waals surface area contributed by atoms with Gasteiger partial charge in [0.1, 0.15) is 11.8 Å². The molecule has 1 N–H and O–H groups in total. The fraction of sp³-hybridized carbons (Fsp3) is 0.188. The van der Waals surface area contributed by atoms with E-state index in [4.69, 9.17) is 10.00 Å². The smallest absolute Gasteiger partial charge is 0.174 e. The van der Waals surface area contributed by atoms with E-state index in [1.165, 1.54) is 5.56 Å². The summed E-state index contributed by atoms with van der Waals surface area (Å²) < 4.78 is 6.48. The lowest BCUT2D eigenvalue weighted by atomic mass is 10.2. The van der Waals surface area contributed by atoms with Gasteiger partial charge in [-0.1, -0.05) is 46.3 Å². The van der Waals surface area contributed by atoms with Gasteiger partial charge >= 0.3 is 0 Å². The summed E-state index contributed by atoms with van der Waals surface area (Å²) >= 11 is 3.46. The van der Waals surface area contributed by atoms with E-state index in [-0.39, 0.29) is 6.61 Å². The number of hydrogen-bond acceptors (Lipinski definition) is 3. The average Bonchev–Trinajstić information content (AvgIpc) is 2.46. The molecule has 0 aromatic heterocycles. The van der Waals surface area contributed by atoms with Gasteiger partial charge in [0.2, 0.25) is 0 Å². The van der Waals surface area contributed by atoms with E-state index in [0.29, 0.717) is 6.54 Å². The van der Waals surface area contributed by atoms with E-state index in [9.17, 15) is 0 Å². The van der Waals surface area contributed by atoms with Crippen molar-refractivity contribution in [3.63, 3.8) is 0 Å². The second kappa shape index (κ2) is 7.68. The number of nitrogens with one attached hydrogen (secondary N) is 1. The van der Waals surface area contributed by atoms with Crippen molar-refractivity contribution in [3.8, 4) is 11.8 Å². The van der Waals surface area contributed by atoms with Gasteiger partial charge in [0.05, 0.1) is 0 Å². The first-order chi connectivity index (χ1) is 9.79. The van der Waals surface area contributed by atoms with Crippen LogP contribution in [0.1, 0.15) is 11.1 Å². The molecule has 3 nitrogen and oxygen atoms in total. The lowest BCUT2D eigenvalue weighted by Crippen LogP contribution is -2.13. The van der Waals surface area contributed by atoms with Crippen LogP contribution in [0.3, 0.4) is 0 Å². The SMILES string of the molecule is N#CCOc1ccccc1CNCc1cccc(Br)c1. The number of benzene rings is 2. The van der Waals surface area contributed by atoms with Gasteiger partial charge in [-0.25, -0.2) is 0 Å². The van der Waals surface area contributed by atoms with Crippen LogP contribution in [0.25, 0.3) is 0 Å². The summed E-state index contributed by atoms with van der Waals surface area (Å²) in [5.41, 5.74) is 2.27. The Morgan fingerprint density at radius 3 is 2.75 bits per heavy atom. The first-order valence-electron chi connectivity index (χ1n) is 6.32. The minimum Gasteiger partial charge on any atom is -0.478 e.